The molecule has 8 nitrogen and oxygen atoms in total. The summed E-state index contributed by atoms with van der Waals surface area (Å²) in [4.78, 5) is 12.5. The second kappa shape index (κ2) is 5.88. The number of carbonyl (C=O) groups is 1. The number of rotatable bonds is 3. The van der Waals surface area contributed by atoms with Gasteiger partial charge in [0, 0.05) is 23.9 Å². The lowest BCUT2D eigenvalue weighted by atomic mass is 9.93. The minimum Gasteiger partial charge on any atom is -0.345 e. The fourth-order valence-corrected chi connectivity index (χ4v) is 3.14. The summed E-state index contributed by atoms with van der Waals surface area (Å²) in [6.45, 7) is 0. The maximum atomic E-state index is 12.5. The highest BCUT2D eigenvalue weighted by atomic mass is 16.1. The van der Waals surface area contributed by atoms with Gasteiger partial charge in [0.2, 0.25) is 0 Å². The molecule has 0 saturated heterocycles. The van der Waals surface area contributed by atoms with E-state index in [0.717, 1.165) is 30.5 Å². The van der Waals surface area contributed by atoms with Crippen molar-refractivity contribution in [2.45, 2.75) is 25.3 Å². The van der Waals surface area contributed by atoms with Gasteiger partial charge < -0.3 is 5.32 Å². The van der Waals surface area contributed by atoms with Gasteiger partial charge in [-0.3, -0.25) is 9.48 Å². The molecule has 1 N–H and O–H groups in total. The minimum absolute atomic E-state index is 0.0224. The number of nitrogens with one attached hydrogen (secondary N) is 1. The van der Waals surface area contributed by atoms with Crippen LogP contribution in [0.15, 0.2) is 36.8 Å². The van der Waals surface area contributed by atoms with Gasteiger partial charge in [0.25, 0.3) is 5.91 Å². The molecule has 0 fully saturated rings. The summed E-state index contributed by atoms with van der Waals surface area (Å²) < 4.78 is 3.44. The zero-order valence-electron chi connectivity index (χ0n) is 13.3. The van der Waals surface area contributed by atoms with Crippen LogP contribution in [-0.2, 0) is 13.5 Å². The Balaban J connectivity index is 1.51. The van der Waals surface area contributed by atoms with Crippen LogP contribution >= 0.6 is 0 Å². The number of nitrogens with zero attached hydrogens (tertiary/aromatic N) is 6. The summed E-state index contributed by atoms with van der Waals surface area (Å²) in [7, 11) is 1.95. The predicted octanol–water partition coefficient (Wildman–Crippen LogP) is 1.20. The van der Waals surface area contributed by atoms with Crippen molar-refractivity contribution < 1.29 is 4.79 Å². The highest BCUT2D eigenvalue weighted by molar-refractivity contribution is 5.94. The molecule has 122 valence electrons. The van der Waals surface area contributed by atoms with Crippen LogP contribution in [0.3, 0.4) is 0 Å². The third-order valence-electron chi connectivity index (χ3n) is 4.42. The molecule has 4 rings (SSSR count). The quantitative estimate of drug-likeness (QED) is 0.782. The molecule has 2 heterocycles. The molecule has 8 heteroatoms. The van der Waals surface area contributed by atoms with Gasteiger partial charge in [0.1, 0.15) is 6.33 Å². The first kappa shape index (κ1) is 14.6. The number of amides is 1. The van der Waals surface area contributed by atoms with Crippen LogP contribution in [0, 0.1) is 0 Å². The van der Waals surface area contributed by atoms with Gasteiger partial charge in [0.15, 0.2) is 0 Å². The highest BCUT2D eigenvalue weighted by Crippen LogP contribution is 2.29. The first-order valence-corrected chi connectivity index (χ1v) is 7.87. The number of tetrazole rings is 1. The Morgan fingerprint density at radius 3 is 2.88 bits per heavy atom. The molecule has 1 aromatic carbocycles. The standard InChI is InChI=1S/C16H17N7O/c1-22-15-4-2-3-14(13(15)9-18-22)19-16(24)11-5-7-12(8-6-11)23-10-17-20-21-23/h5-10,14H,2-4H2,1H3,(H,19,24)/t14-/m0/s1. The lowest BCUT2D eigenvalue weighted by Crippen LogP contribution is -2.30. The molecular formula is C16H17N7O. The average Bonchev–Trinajstić information content (AvgIpc) is 3.26. The van der Waals surface area contributed by atoms with Crippen molar-refractivity contribution in [2.24, 2.45) is 7.05 Å². The number of benzene rings is 1. The van der Waals surface area contributed by atoms with E-state index in [1.165, 1.54) is 12.0 Å². The zero-order chi connectivity index (χ0) is 16.5. The van der Waals surface area contributed by atoms with Crippen LogP contribution in [-0.4, -0.2) is 35.9 Å². The fraction of sp³-hybridized carbons (Fsp3) is 0.312. The second-order valence-electron chi connectivity index (χ2n) is 5.89. The van der Waals surface area contributed by atoms with Crippen molar-refractivity contribution >= 4 is 5.91 Å². The Kier molecular flexibility index (Phi) is 3.56. The zero-order valence-corrected chi connectivity index (χ0v) is 13.3. The van der Waals surface area contributed by atoms with Crippen LogP contribution in [0.1, 0.15) is 40.5 Å². The van der Waals surface area contributed by atoms with E-state index in [9.17, 15) is 4.79 Å². The third-order valence-corrected chi connectivity index (χ3v) is 4.42. The molecule has 0 aliphatic heterocycles. The molecule has 1 atom stereocenters. The molecule has 24 heavy (non-hydrogen) atoms. The Morgan fingerprint density at radius 2 is 2.12 bits per heavy atom. The van der Waals surface area contributed by atoms with Gasteiger partial charge in [-0.15, -0.1) is 5.10 Å². The fourth-order valence-electron chi connectivity index (χ4n) is 3.14. The molecule has 0 spiro atoms. The normalized spacial score (nSPS) is 16.6. The van der Waals surface area contributed by atoms with Crippen LogP contribution in [0.4, 0.5) is 0 Å². The topological polar surface area (TPSA) is 90.5 Å². The monoisotopic (exact) mass is 323 g/mol. The lowest BCUT2D eigenvalue weighted by Gasteiger charge is -2.23. The van der Waals surface area contributed by atoms with Crippen LogP contribution < -0.4 is 5.32 Å². The van der Waals surface area contributed by atoms with Gasteiger partial charge in [-0.05, 0) is 54.0 Å². The van der Waals surface area contributed by atoms with Crippen molar-refractivity contribution in [3.63, 3.8) is 0 Å². The number of fused-ring (bicyclic) bond motifs is 1. The summed E-state index contributed by atoms with van der Waals surface area (Å²) in [6, 6.07) is 7.22. The first-order valence-electron chi connectivity index (χ1n) is 7.87. The van der Waals surface area contributed by atoms with Gasteiger partial charge in [-0.25, -0.2) is 4.68 Å². The largest absolute Gasteiger partial charge is 0.345 e. The smallest absolute Gasteiger partial charge is 0.251 e. The van der Waals surface area contributed by atoms with Gasteiger partial charge in [-0.1, -0.05) is 0 Å². The van der Waals surface area contributed by atoms with Crippen molar-refractivity contribution in [3.8, 4) is 5.69 Å². The second-order valence-corrected chi connectivity index (χ2v) is 5.89. The Morgan fingerprint density at radius 1 is 1.29 bits per heavy atom. The van der Waals surface area contributed by atoms with E-state index < -0.39 is 0 Å². The van der Waals surface area contributed by atoms with Crippen LogP contribution in [0.25, 0.3) is 5.69 Å². The van der Waals surface area contributed by atoms with Gasteiger partial charge in [-0.2, -0.15) is 5.10 Å². The molecular weight excluding hydrogens is 306 g/mol. The van der Waals surface area contributed by atoms with E-state index in [2.05, 4.69) is 25.9 Å². The number of carbonyl (C=O) groups excluding carboxylic acids is 1. The van der Waals surface area contributed by atoms with Crippen molar-refractivity contribution in [1.29, 1.82) is 0 Å². The molecule has 0 bridgehead atoms. The number of aromatic nitrogens is 6. The minimum atomic E-state index is -0.0834. The van der Waals surface area contributed by atoms with E-state index >= 15 is 0 Å². The Hall–Kier alpha value is -3.03. The van der Waals surface area contributed by atoms with Crippen molar-refractivity contribution in [3.05, 3.63) is 53.6 Å². The molecule has 0 unspecified atom stereocenters. The molecule has 1 aliphatic rings. The summed E-state index contributed by atoms with van der Waals surface area (Å²) in [6.07, 6.45) is 6.38. The van der Waals surface area contributed by atoms with E-state index in [4.69, 9.17) is 0 Å². The number of aryl methyl sites for hydroxylation is 1. The first-order chi connectivity index (χ1) is 11.7. The van der Waals surface area contributed by atoms with Crippen LogP contribution in [0.2, 0.25) is 0 Å². The van der Waals surface area contributed by atoms with Gasteiger partial charge in [0.05, 0.1) is 17.9 Å². The number of hydrogen-bond donors (Lipinski definition) is 1. The molecule has 0 radical (unpaired) electrons. The Labute approximate surface area is 138 Å². The van der Waals surface area contributed by atoms with Crippen molar-refractivity contribution in [2.75, 3.05) is 0 Å². The Bertz CT molecular complexity index is 851. The molecule has 0 saturated carbocycles. The molecule has 1 amide bonds. The van der Waals surface area contributed by atoms with E-state index in [1.807, 2.05) is 30.1 Å². The summed E-state index contributed by atoms with van der Waals surface area (Å²) in [5.74, 6) is -0.0834. The SMILES string of the molecule is Cn1ncc2c1CCC[C@@H]2NC(=O)c1ccc(-n2cnnn2)cc1. The highest BCUT2D eigenvalue weighted by Gasteiger charge is 2.25. The summed E-state index contributed by atoms with van der Waals surface area (Å²) in [5, 5.41) is 18.5. The van der Waals surface area contributed by atoms with Crippen molar-refractivity contribution in [1.82, 2.24) is 35.3 Å². The van der Waals surface area contributed by atoms with E-state index in [-0.39, 0.29) is 11.9 Å². The summed E-state index contributed by atoms with van der Waals surface area (Å²) >= 11 is 0. The summed E-state index contributed by atoms with van der Waals surface area (Å²) in [5.41, 5.74) is 3.76. The molecule has 2 aromatic heterocycles. The number of hydrogen-bond acceptors (Lipinski definition) is 5. The predicted molar refractivity (Wildman–Crippen MR) is 85.5 cm³/mol. The maximum absolute atomic E-state index is 12.5. The molecule has 1 aliphatic carbocycles. The van der Waals surface area contributed by atoms with Gasteiger partial charge >= 0.3 is 0 Å². The van der Waals surface area contributed by atoms with E-state index in [1.54, 1.807) is 16.8 Å². The van der Waals surface area contributed by atoms with Crippen LogP contribution in [0.5, 0.6) is 0 Å². The lowest BCUT2D eigenvalue weighted by molar-refractivity contribution is 0.0932. The molecule has 3 aromatic rings. The average molecular weight is 323 g/mol. The maximum Gasteiger partial charge on any atom is 0.251 e. The third kappa shape index (κ3) is 2.55. The van der Waals surface area contributed by atoms with E-state index in [0.29, 0.717) is 5.56 Å².